The third-order valence-electron chi connectivity index (χ3n) is 6.32. The molecule has 0 aliphatic heterocycles. The Hall–Kier alpha value is -1.74. The fraction of sp³-hybridized carbons (Fsp3) is 0.500. The average Bonchev–Trinajstić information content (AvgIpc) is 3.65. The molecule has 0 spiro atoms. The fourth-order valence-corrected chi connectivity index (χ4v) is 6.46. The van der Waals surface area contributed by atoms with Crippen LogP contribution in [0.2, 0.25) is 0 Å². The normalized spacial score (nSPS) is 18.9. The van der Waals surface area contributed by atoms with Crippen molar-refractivity contribution in [1.29, 1.82) is 0 Å². The number of rotatable bonds is 11. The Morgan fingerprint density at radius 1 is 0.625 bits per heavy atom. The molecule has 0 N–H and O–H groups in total. The zero-order valence-corrected chi connectivity index (χ0v) is 20.2. The summed E-state index contributed by atoms with van der Waals surface area (Å²) in [5, 5.41) is 0. The monoisotopic (exact) mass is 478 g/mol. The van der Waals surface area contributed by atoms with E-state index in [4.69, 9.17) is 8.37 Å². The molecular weight excluding hydrogens is 448 g/mol. The van der Waals surface area contributed by atoms with E-state index in [0.717, 1.165) is 49.7 Å². The minimum absolute atomic E-state index is 0.182. The highest BCUT2D eigenvalue weighted by Gasteiger charge is 2.49. The van der Waals surface area contributed by atoms with Gasteiger partial charge in [-0.3, -0.25) is 8.37 Å². The summed E-state index contributed by atoms with van der Waals surface area (Å²) in [7, 11) is -7.57. The molecule has 2 aliphatic rings. The number of aryl methyl sites for hydroxylation is 2. The topological polar surface area (TPSA) is 86.7 Å². The molecule has 0 heterocycles. The standard InChI is InChI=1S/C24H30O6S2/c1-19-5-9-21(10-6-19)31(25,26)29-23(15-16-23)13-3-4-14-24(17-18-24)30-32(27,28)22-11-7-20(2)8-12-22/h5-12H,3-4,13-18H2,1-2H3. The van der Waals surface area contributed by atoms with E-state index in [1.807, 2.05) is 13.8 Å². The number of unbranched alkanes of at least 4 members (excludes halogenated alkanes) is 1. The first kappa shape index (κ1) is 23.4. The quantitative estimate of drug-likeness (QED) is 0.332. The van der Waals surface area contributed by atoms with Crippen LogP contribution in [0.1, 0.15) is 62.5 Å². The van der Waals surface area contributed by atoms with Gasteiger partial charge in [-0.25, -0.2) is 0 Å². The van der Waals surface area contributed by atoms with E-state index in [9.17, 15) is 16.8 Å². The third-order valence-corrected chi connectivity index (χ3v) is 9.17. The van der Waals surface area contributed by atoms with Crippen LogP contribution < -0.4 is 0 Å². The summed E-state index contributed by atoms with van der Waals surface area (Å²) in [6.45, 7) is 3.81. The Morgan fingerprint density at radius 2 is 0.938 bits per heavy atom. The number of hydrogen-bond acceptors (Lipinski definition) is 6. The van der Waals surface area contributed by atoms with Crippen LogP contribution in [0.3, 0.4) is 0 Å². The van der Waals surface area contributed by atoms with E-state index in [1.165, 1.54) is 0 Å². The first-order valence-electron chi connectivity index (χ1n) is 11.1. The number of hydrogen-bond donors (Lipinski definition) is 0. The van der Waals surface area contributed by atoms with Gasteiger partial charge >= 0.3 is 0 Å². The van der Waals surface area contributed by atoms with Crippen LogP contribution in [-0.4, -0.2) is 28.0 Å². The summed E-state index contributed by atoms with van der Waals surface area (Å²) in [6.07, 6.45) is 5.70. The van der Waals surface area contributed by atoms with E-state index in [0.29, 0.717) is 12.8 Å². The zero-order chi connectivity index (χ0) is 23.0. The van der Waals surface area contributed by atoms with E-state index in [2.05, 4.69) is 0 Å². The van der Waals surface area contributed by atoms with Gasteiger partial charge in [0.25, 0.3) is 20.2 Å². The van der Waals surface area contributed by atoms with Gasteiger partial charge < -0.3 is 0 Å². The molecule has 32 heavy (non-hydrogen) atoms. The van der Waals surface area contributed by atoms with E-state index in [1.54, 1.807) is 48.5 Å². The molecule has 2 saturated carbocycles. The van der Waals surface area contributed by atoms with Gasteiger partial charge in [-0.05, 0) is 76.6 Å². The van der Waals surface area contributed by atoms with Gasteiger partial charge in [0.1, 0.15) is 0 Å². The van der Waals surface area contributed by atoms with Crippen LogP contribution in [0, 0.1) is 13.8 Å². The van der Waals surface area contributed by atoms with Crippen molar-refractivity contribution >= 4 is 20.2 Å². The predicted molar refractivity (Wildman–Crippen MR) is 121 cm³/mol. The van der Waals surface area contributed by atoms with Gasteiger partial charge in [-0.15, -0.1) is 0 Å². The van der Waals surface area contributed by atoms with Crippen LogP contribution in [0.25, 0.3) is 0 Å². The minimum Gasteiger partial charge on any atom is -0.260 e. The SMILES string of the molecule is Cc1ccc(S(=O)(=O)OC2(CCCCC3(OS(=O)(=O)c4ccc(C)cc4)CC3)CC2)cc1. The summed E-state index contributed by atoms with van der Waals surface area (Å²) < 4.78 is 61.6. The van der Waals surface area contributed by atoms with Crippen molar-refractivity contribution < 1.29 is 25.2 Å². The Balaban J connectivity index is 1.28. The third kappa shape index (κ3) is 5.60. The van der Waals surface area contributed by atoms with Crippen molar-refractivity contribution in [3.63, 3.8) is 0 Å². The zero-order valence-electron chi connectivity index (χ0n) is 18.5. The second-order valence-electron chi connectivity index (χ2n) is 9.27. The van der Waals surface area contributed by atoms with Crippen LogP contribution in [0.15, 0.2) is 58.3 Å². The van der Waals surface area contributed by atoms with Crippen LogP contribution in [0.4, 0.5) is 0 Å². The van der Waals surface area contributed by atoms with Crippen molar-refractivity contribution in [1.82, 2.24) is 0 Å². The summed E-state index contributed by atoms with van der Waals surface area (Å²) in [5.74, 6) is 0. The highest BCUT2D eigenvalue weighted by molar-refractivity contribution is 7.87. The molecule has 0 unspecified atom stereocenters. The van der Waals surface area contributed by atoms with Gasteiger partial charge in [-0.1, -0.05) is 48.2 Å². The highest BCUT2D eigenvalue weighted by atomic mass is 32.2. The van der Waals surface area contributed by atoms with Gasteiger partial charge in [0.2, 0.25) is 0 Å². The smallest absolute Gasteiger partial charge is 0.260 e. The molecule has 2 aliphatic carbocycles. The summed E-state index contributed by atoms with van der Waals surface area (Å²) >= 11 is 0. The molecule has 0 radical (unpaired) electrons. The van der Waals surface area contributed by atoms with Crippen molar-refractivity contribution in [3.8, 4) is 0 Å². The van der Waals surface area contributed by atoms with Gasteiger partial charge in [0.05, 0.1) is 21.0 Å². The summed E-state index contributed by atoms with van der Waals surface area (Å²) in [5.41, 5.74) is 0.751. The molecule has 0 bridgehead atoms. The van der Waals surface area contributed by atoms with Gasteiger partial charge in [0.15, 0.2) is 0 Å². The Labute approximate surface area is 191 Å². The maximum absolute atomic E-state index is 12.6. The molecule has 0 amide bonds. The Morgan fingerprint density at radius 3 is 1.22 bits per heavy atom. The molecule has 2 aromatic rings. The molecule has 2 fully saturated rings. The lowest BCUT2D eigenvalue weighted by Gasteiger charge is -2.18. The predicted octanol–water partition coefficient (Wildman–Crippen LogP) is 5.04. The van der Waals surface area contributed by atoms with Crippen LogP contribution in [0.5, 0.6) is 0 Å². The van der Waals surface area contributed by atoms with E-state index < -0.39 is 31.4 Å². The second kappa shape index (κ2) is 8.56. The maximum Gasteiger partial charge on any atom is 0.297 e. The van der Waals surface area contributed by atoms with Crippen molar-refractivity contribution in [3.05, 3.63) is 59.7 Å². The second-order valence-corrected chi connectivity index (χ2v) is 12.4. The summed E-state index contributed by atoms with van der Waals surface area (Å²) in [4.78, 5) is 0.363. The van der Waals surface area contributed by atoms with Crippen molar-refractivity contribution in [2.75, 3.05) is 0 Å². The first-order chi connectivity index (χ1) is 15.0. The largest absolute Gasteiger partial charge is 0.297 e. The fourth-order valence-electron chi connectivity index (χ4n) is 3.89. The number of benzene rings is 2. The van der Waals surface area contributed by atoms with Crippen molar-refractivity contribution in [2.24, 2.45) is 0 Å². The van der Waals surface area contributed by atoms with E-state index >= 15 is 0 Å². The van der Waals surface area contributed by atoms with Crippen LogP contribution >= 0.6 is 0 Å². The highest BCUT2D eigenvalue weighted by Crippen LogP contribution is 2.49. The summed E-state index contributed by atoms with van der Waals surface area (Å²) in [6, 6.07) is 13.3. The molecule has 2 aromatic carbocycles. The Kier molecular flexibility index (Phi) is 6.26. The molecule has 0 atom stereocenters. The molecule has 174 valence electrons. The molecule has 4 rings (SSSR count). The lowest BCUT2D eigenvalue weighted by molar-refractivity contribution is 0.154. The molecule has 0 aromatic heterocycles. The molecule has 8 heteroatoms. The lowest BCUT2D eigenvalue weighted by Crippen LogP contribution is -2.22. The van der Waals surface area contributed by atoms with Crippen LogP contribution in [-0.2, 0) is 28.6 Å². The van der Waals surface area contributed by atoms with E-state index in [-0.39, 0.29) is 9.79 Å². The molecule has 6 nitrogen and oxygen atoms in total. The average molecular weight is 479 g/mol. The Bertz CT molecular complexity index is 1060. The van der Waals surface area contributed by atoms with Crippen molar-refractivity contribution in [2.45, 2.75) is 86.2 Å². The first-order valence-corrected chi connectivity index (χ1v) is 13.9. The minimum atomic E-state index is -3.79. The molecular formula is C24H30O6S2. The maximum atomic E-state index is 12.6. The van der Waals surface area contributed by atoms with Gasteiger partial charge in [0, 0.05) is 0 Å². The molecule has 0 saturated heterocycles. The van der Waals surface area contributed by atoms with Gasteiger partial charge in [-0.2, -0.15) is 16.8 Å². The lowest BCUT2D eigenvalue weighted by atomic mass is 10.1.